The van der Waals surface area contributed by atoms with Crippen molar-refractivity contribution in [3.8, 4) is 0 Å². The predicted molar refractivity (Wildman–Crippen MR) is 72.3 cm³/mol. The standard InChI is InChI=1S/C16H15FN/c1-2-3-6-16(14-5-4-11-18-12-14)13-7-9-15(17)10-8-13/h4-12H,1-3H2. The number of halogens is 1. The molecule has 18 heavy (non-hydrogen) atoms. The van der Waals surface area contributed by atoms with Crippen LogP contribution in [0.3, 0.4) is 0 Å². The third-order valence-electron chi connectivity index (χ3n) is 2.68. The molecule has 2 heteroatoms. The summed E-state index contributed by atoms with van der Waals surface area (Å²) in [5, 5.41) is 0. The van der Waals surface area contributed by atoms with Crippen molar-refractivity contribution in [3.63, 3.8) is 0 Å². The van der Waals surface area contributed by atoms with Gasteiger partial charge in [0.25, 0.3) is 0 Å². The number of nitrogens with zero attached hydrogens (tertiary/aromatic N) is 1. The largest absolute Gasteiger partial charge is 0.264 e. The summed E-state index contributed by atoms with van der Waals surface area (Å²) < 4.78 is 13.0. The van der Waals surface area contributed by atoms with Gasteiger partial charge in [0.1, 0.15) is 5.82 Å². The van der Waals surface area contributed by atoms with E-state index in [2.05, 4.69) is 18.0 Å². The molecule has 0 aliphatic heterocycles. The number of allylic oxidation sites excluding steroid dienone is 1. The minimum absolute atomic E-state index is 0.221. The molecule has 0 bridgehead atoms. The first kappa shape index (κ1) is 12.5. The molecule has 0 atom stereocenters. The topological polar surface area (TPSA) is 12.9 Å². The van der Waals surface area contributed by atoms with Crippen LogP contribution in [0.4, 0.5) is 4.39 Å². The van der Waals surface area contributed by atoms with Crippen molar-refractivity contribution < 1.29 is 4.39 Å². The highest BCUT2D eigenvalue weighted by Crippen LogP contribution is 2.23. The zero-order chi connectivity index (χ0) is 12.8. The molecule has 0 N–H and O–H groups in total. The number of hydrogen-bond donors (Lipinski definition) is 0. The quantitative estimate of drug-likeness (QED) is 0.777. The third-order valence-corrected chi connectivity index (χ3v) is 2.68. The van der Waals surface area contributed by atoms with E-state index in [0.29, 0.717) is 0 Å². The zero-order valence-corrected chi connectivity index (χ0v) is 10.1. The van der Waals surface area contributed by atoms with Crippen LogP contribution < -0.4 is 0 Å². The molecular formula is C16H15FN. The molecule has 2 aromatic rings. The molecule has 2 rings (SSSR count). The summed E-state index contributed by atoms with van der Waals surface area (Å²) in [7, 11) is 0. The van der Waals surface area contributed by atoms with Gasteiger partial charge in [0.2, 0.25) is 0 Å². The van der Waals surface area contributed by atoms with Gasteiger partial charge in [-0.25, -0.2) is 4.39 Å². The van der Waals surface area contributed by atoms with Crippen LogP contribution in [0.5, 0.6) is 0 Å². The molecule has 1 radical (unpaired) electrons. The molecule has 0 unspecified atom stereocenters. The van der Waals surface area contributed by atoms with E-state index in [1.807, 2.05) is 18.3 Å². The van der Waals surface area contributed by atoms with Crippen LogP contribution in [0.1, 0.15) is 24.0 Å². The first-order valence-electron chi connectivity index (χ1n) is 5.97. The third kappa shape index (κ3) is 3.04. The highest BCUT2D eigenvalue weighted by atomic mass is 19.1. The van der Waals surface area contributed by atoms with Crippen LogP contribution in [0, 0.1) is 12.7 Å². The summed E-state index contributed by atoms with van der Waals surface area (Å²) in [4.78, 5) is 4.13. The second-order valence-electron chi connectivity index (χ2n) is 4.01. The summed E-state index contributed by atoms with van der Waals surface area (Å²) in [5.74, 6) is -0.221. The minimum atomic E-state index is -0.221. The molecule has 1 heterocycles. The summed E-state index contributed by atoms with van der Waals surface area (Å²) in [5.41, 5.74) is 3.11. The summed E-state index contributed by atoms with van der Waals surface area (Å²) in [6, 6.07) is 10.4. The SMILES string of the molecule is [CH2]CCC=C(c1ccc(F)cc1)c1cccnc1. The number of hydrogen-bond acceptors (Lipinski definition) is 1. The van der Waals surface area contributed by atoms with Crippen LogP contribution >= 0.6 is 0 Å². The van der Waals surface area contributed by atoms with Crippen LogP contribution in [-0.4, -0.2) is 4.98 Å². The maximum absolute atomic E-state index is 13.0. The summed E-state index contributed by atoms with van der Waals surface area (Å²) in [6.07, 6.45) is 7.41. The van der Waals surface area contributed by atoms with Gasteiger partial charge in [0, 0.05) is 18.0 Å². The number of unbranched alkanes of at least 4 members (excludes halogenated alkanes) is 1. The van der Waals surface area contributed by atoms with Gasteiger partial charge in [-0.1, -0.05) is 31.2 Å². The molecule has 0 saturated heterocycles. The molecule has 1 aromatic heterocycles. The average Bonchev–Trinajstić information content (AvgIpc) is 2.42. The van der Waals surface area contributed by atoms with Crippen molar-refractivity contribution in [2.75, 3.05) is 0 Å². The lowest BCUT2D eigenvalue weighted by molar-refractivity contribution is 0.627. The van der Waals surface area contributed by atoms with E-state index < -0.39 is 0 Å². The lowest BCUT2D eigenvalue weighted by Crippen LogP contribution is -1.89. The molecular weight excluding hydrogens is 225 g/mol. The van der Waals surface area contributed by atoms with Crippen molar-refractivity contribution in [2.45, 2.75) is 12.8 Å². The highest BCUT2D eigenvalue weighted by Gasteiger charge is 2.04. The van der Waals surface area contributed by atoms with E-state index in [1.165, 1.54) is 12.1 Å². The Labute approximate surface area is 107 Å². The van der Waals surface area contributed by atoms with E-state index in [9.17, 15) is 4.39 Å². The second kappa shape index (κ2) is 6.10. The van der Waals surface area contributed by atoms with Gasteiger partial charge in [-0.2, -0.15) is 0 Å². The molecule has 0 aliphatic rings. The van der Waals surface area contributed by atoms with Gasteiger partial charge in [0.15, 0.2) is 0 Å². The Kier molecular flexibility index (Phi) is 4.24. The van der Waals surface area contributed by atoms with E-state index in [-0.39, 0.29) is 5.82 Å². The Hall–Kier alpha value is -1.96. The highest BCUT2D eigenvalue weighted by molar-refractivity contribution is 5.79. The maximum atomic E-state index is 13.0. The monoisotopic (exact) mass is 240 g/mol. The van der Waals surface area contributed by atoms with Gasteiger partial charge >= 0.3 is 0 Å². The van der Waals surface area contributed by atoms with Gasteiger partial charge < -0.3 is 0 Å². The normalized spacial score (nSPS) is 11.6. The Morgan fingerprint density at radius 1 is 1.17 bits per heavy atom. The fourth-order valence-corrected chi connectivity index (χ4v) is 1.80. The Balaban J connectivity index is 2.40. The molecule has 1 nitrogen and oxygen atoms in total. The van der Waals surface area contributed by atoms with Gasteiger partial charge in [-0.15, -0.1) is 0 Å². The van der Waals surface area contributed by atoms with E-state index in [1.54, 1.807) is 18.3 Å². The predicted octanol–water partition coefficient (Wildman–Crippen LogP) is 4.27. The fraction of sp³-hybridized carbons (Fsp3) is 0.125. The minimum Gasteiger partial charge on any atom is -0.264 e. The summed E-state index contributed by atoms with van der Waals surface area (Å²) >= 11 is 0. The van der Waals surface area contributed by atoms with Crippen molar-refractivity contribution >= 4 is 5.57 Å². The number of pyridine rings is 1. The molecule has 0 aliphatic carbocycles. The second-order valence-corrected chi connectivity index (χ2v) is 4.01. The van der Waals surface area contributed by atoms with Crippen molar-refractivity contribution in [1.29, 1.82) is 0 Å². The number of benzene rings is 1. The fourth-order valence-electron chi connectivity index (χ4n) is 1.80. The Morgan fingerprint density at radius 2 is 1.94 bits per heavy atom. The first-order chi connectivity index (χ1) is 8.81. The van der Waals surface area contributed by atoms with Gasteiger partial charge in [-0.3, -0.25) is 4.98 Å². The lowest BCUT2D eigenvalue weighted by Gasteiger charge is -2.08. The lowest BCUT2D eigenvalue weighted by atomic mass is 9.98. The molecule has 0 spiro atoms. The van der Waals surface area contributed by atoms with Crippen molar-refractivity contribution in [3.05, 3.63) is 78.7 Å². The molecule has 91 valence electrons. The zero-order valence-electron chi connectivity index (χ0n) is 10.1. The smallest absolute Gasteiger partial charge is 0.123 e. The number of rotatable bonds is 4. The van der Waals surface area contributed by atoms with Crippen LogP contribution in [0.2, 0.25) is 0 Å². The maximum Gasteiger partial charge on any atom is 0.123 e. The van der Waals surface area contributed by atoms with E-state index in [4.69, 9.17) is 0 Å². The van der Waals surface area contributed by atoms with E-state index >= 15 is 0 Å². The van der Waals surface area contributed by atoms with E-state index in [0.717, 1.165) is 29.5 Å². The average molecular weight is 240 g/mol. The Morgan fingerprint density at radius 3 is 2.56 bits per heavy atom. The first-order valence-corrected chi connectivity index (χ1v) is 5.97. The number of aromatic nitrogens is 1. The van der Waals surface area contributed by atoms with Crippen LogP contribution in [0.15, 0.2) is 54.9 Å². The molecule has 0 amide bonds. The molecule has 0 saturated carbocycles. The Bertz CT molecular complexity index is 515. The van der Waals surface area contributed by atoms with Gasteiger partial charge in [0.05, 0.1) is 0 Å². The van der Waals surface area contributed by atoms with Crippen molar-refractivity contribution in [2.24, 2.45) is 0 Å². The van der Waals surface area contributed by atoms with Gasteiger partial charge in [-0.05, 0) is 42.2 Å². The van der Waals surface area contributed by atoms with Crippen LogP contribution in [0.25, 0.3) is 5.57 Å². The molecule has 1 aromatic carbocycles. The summed E-state index contributed by atoms with van der Waals surface area (Å²) in [6.45, 7) is 3.84. The molecule has 0 fully saturated rings. The van der Waals surface area contributed by atoms with Crippen molar-refractivity contribution in [1.82, 2.24) is 4.98 Å². The van der Waals surface area contributed by atoms with Crippen LogP contribution in [-0.2, 0) is 0 Å².